The number of ketones is 3. The zero-order valence-electron chi connectivity index (χ0n) is 93.3. The van der Waals surface area contributed by atoms with Crippen LogP contribution >= 0.6 is 12.4 Å². The number of Topliss-reactive ketones (excluding diaryl/α,β-unsaturated/α-hetero) is 3. The number of rotatable bonds is 15. The van der Waals surface area contributed by atoms with Crippen molar-refractivity contribution >= 4 is 91.5 Å². The van der Waals surface area contributed by atoms with Gasteiger partial charge in [-0.25, -0.2) is 24.2 Å². The largest absolute Gasteiger partial charge is 1.00 e. The number of carboxylic acids is 1. The van der Waals surface area contributed by atoms with Crippen molar-refractivity contribution in [3.05, 3.63) is 66.3 Å². The molecular formula is C99H181BClKLiN9O23Y6-6. The topological polar surface area (TPSA) is 398 Å². The van der Waals surface area contributed by atoms with Gasteiger partial charge < -0.3 is 128 Å². The van der Waals surface area contributed by atoms with Crippen LogP contribution in [0.5, 0.6) is 0 Å². The van der Waals surface area contributed by atoms with E-state index in [1.165, 1.54) is 67.4 Å². The second-order valence-electron chi connectivity index (χ2n) is 35.8. The summed E-state index contributed by atoms with van der Waals surface area (Å²) in [5, 5.41) is 19.1. The number of hydroxylamine groups is 3. The van der Waals surface area contributed by atoms with Gasteiger partial charge in [0.05, 0.1) is 30.8 Å². The Bertz CT molecular complexity index is 3560. The van der Waals surface area contributed by atoms with E-state index >= 15 is 0 Å². The summed E-state index contributed by atoms with van der Waals surface area (Å²) in [7, 11) is 14.6. The number of esters is 1. The summed E-state index contributed by atoms with van der Waals surface area (Å²) in [6, 6.07) is 0. The van der Waals surface area contributed by atoms with Gasteiger partial charge in [0.2, 0.25) is 17.7 Å². The Morgan fingerprint density at radius 1 is 0.518 bits per heavy atom. The standard InChI is InChI=1S/C14H25N2O4.C13H22NO4.C13H22NO3.C11H18NO2.C11H16NO.C10H14BNO.C8H14NO.2C4H8O.C3H6O2.C2H6NO.2C2H6.CH4O.CH4.ClH.K.Li.H2O.6Y/c1-7-14(11(17)15(5)19-6)9-8-10-16(14)12(18)20-13(2,3)4;1-6-13(10(15)17-5)8-7-9-14(13)11(16)18-12(2,3)4;1-6-13(10(2)15)8-7-9-14(13)11(16)17-12(3,4)5;1-4-10(14)12-8-6-7-11(12,5-2)9(3)13;1-4-11-6-5-7-12(11)10(13)8(2)9(11)3;1-6-4-10(11)8(3)7(2)9(13)12(10)5-6;1-3-8(7(2)10)5-4-6-9-8;2*1-2-4-5-3-1;1-2-3(4)5;1-3-4-2;3*1-2;;;;;;;;;;;/h8H,7,9-10H2,1-6H3;7H,6,8-9H2,1-5H3;7H,6,8-9H2,1-5H3;6H,4-5,7-8H2,1-3H3;5H,4,6-7H2,1-3H3;6H,4-5H2,1-3H3;4,9H,3,5-6H2,1-2H3;2*1-4H2;2H2,1H3,(H,4,5);1-2H3;2*1-2H3;2H,1H3;1H4;1H;;;1H2;;;;;;/q5*-1;;-1;;;;-1;;;;;;2*+1;;;;;;;/p-1. The minimum Gasteiger partial charge on any atom is -0.870 e. The van der Waals surface area contributed by atoms with Crippen molar-refractivity contribution in [1.29, 1.82) is 0 Å². The molecule has 11 aliphatic rings. The van der Waals surface area contributed by atoms with E-state index < -0.39 is 68.6 Å². The number of fused-ring (bicyclic) bond motifs is 2. The normalized spacial score (nSPS) is 23.2. The van der Waals surface area contributed by atoms with Crippen LogP contribution in [-0.4, -0.2) is 299 Å². The fourth-order valence-corrected chi connectivity index (χ4v) is 16.5. The monoisotopic (exact) mass is 2490 g/mol. The second-order valence-corrected chi connectivity index (χ2v) is 35.8. The molecule has 0 aromatic rings. The molecule has 8 unspecified atom stereocenters. The zero-order chi connectivity index (χ0) is 101. The van der Waals surface area contributed by atoms with E-state index in [1.807, 2.05) is 146 Å². The molecule has 11 rings (SSSR count). The van der Waals surface area contributed by atoms with E-state index in [-0.39, 0.29) is 356 Å². The van der Waals surface area contributed by atoms with Crippen molar-refractivity contribution in [2.24, 2.45) is 5.92 Å². The van der Waals surface area contributed by atoms with Crippen molar-refractivity contribution < 1.29 is 378 Å². The molecular weight excluding hydrogens is 2310 g/mol. The third kappa shape index (κ3) is 53.1. The van der Waals surface area contributed by atoms with Gasteiger partial charge >= 0.3 is 100 Å². The molecule has 0 spiro atoms. The maximum Gasteiger partial charge on any atom is 1.00 e. The van der Waals surface area contributed by atoms with Crippen LogP contribution in [0.4, 0.5) is 14.4 Å². The van der Waals surface area contributed by atoms with Gasteiger partial charge in [-0.15, -0.1) is 64.8 Å². The van der Waals surface area contributed by atoms with E-state index in [9.17, 15) is 57.5 Å². The number of nitrogens with zero attached hydrogens (tertiary/aromatic N) is 8. The molecule has 7 amide bonds. The summed E-state index contributed by atoms with van der Waals surface area (Å²) in [4.78, 5) is 159. The van der Waals surface area contributed by atoms with Crippen molar-refractivity contribution in [3.8, 4) is 0 Å². The molecule has 9 fully saturated rings. The Morgan fingerprint density at radius 3 is 1.11 bits per heavy atom. The summed E-state index contributed by atoms with van der Waals surface area (Å²) >= 11 is 0. The molecule has 141 heavy (non-hydrogen) atoms. The van der Waals surface area contributed by atoms with Crippen LogP contribution in [-0.2, 0) is 278 Å². The summed E-state index contributed by atoms with van der Waals surface area (Å²) in [5.74, 6) is 0.0147. The number of ether oxygens (including phenoxy) is 6. The van der Waals surface area contributed by atoms with E-state index in [1.54, 1.807) is 93.1 Å². The first kappa shape index (κ1) is 173. The van der Waals surface area contributed by atoms with Gasteiger partial charge in [0, 0.05) is 291 Å². The predicted molar refractivity (Wildman–Crippen MR) is 528 cm³/mol. The van der Waals surface area contributed by atoms with Gasteiger partial charge in [0.15, 0.2) is 11.6 Å². The maximum atomic E-state index is 12.5. The van der Waals surface area contributed by atoms with Crippen LogP contribution in [0.25, 0.3) is 5.48 Å². The number of amides is 7. The molecule has 42 heteroatoms. The van der Waals surface area contributed by atoms with E-state index in [4.69, 9.17) is 51.3 Å². The molecule has 8 atom stereocenters. The van der Waals surface area contributed by atoms with Crippen molar-refractivity contribution in [2.45, 2.75) is 386 Å². The molecule has 0 aromatic carbocycles. The quantitative estimate of drug-likeness (QED) is 0.0451. The van der Waals surface area contributed by atoms with Crippen LogP contribution in [0.1, 0.15) is 330 Å². The van der Waals surface area contributed by atoms with E-state index in [2.05, 4.69) is 49.2 Å². The number of hydrogen-bond acceptors (Lipinski definition) is 23. The average Bonchev–Trinajstić information content (AvgIpc) is 1.58. The molecule has 0 saturated carbocycles. The Hall–Kier alpha value is 2.01. The smallest absolute Gasteiger partial charge is 0.870 e. The van der Waals surface area contributed by atoms with Crippen LogP contribution in [0.15, 0.2) is 22.3 Å². The van der Waals surface area contributed by atoms with Gasteiger partial charge in [-0.05, 0) is 198 Å². The molecule has 0 bridgehead atoms. The third-order valence-corrected chi connectivity index (χ3v) is 24.5. The molecule has 11 aliphatic heterocycles. The first-order valence-corrected chi connectivity index (χ1v) is 46.9. The molecule has 32 nitrogen and oxygen atoms in total. The molecule has 0 aromatic heterocycles. The van der Waals surface area contributed by atoms with Gasteiger partial charge in [-0.2, -0.15) is 12.8 Å². The molecule has 0 aliphatic carbocycles. The summed E-state index contributed by atoms with van der Waals surface area (Å²) < 4.78 is 30.8. The Morgan fingerprint density at radius 2 is 0.844 bits per heavy atom. The first-order chi connectivity index (χ1) is 60.7. The van der Waals surface area contributed by atoms with Gasteiger partial charge in [-0.3, -0.25) is 43.2 Å². The Balaban J connectivity index is -0.000000106. The SMILES string of the molecule is C.C1CCOC1.C1CCOC1.CC.CC.CCC(=O)N1C[CH-]CC1(CC)C(C)=O.CCC(=O)O.CCC1(C(=O)N(C)OC)C[CH-]CN1C(=O)OC(C)(C)C.CCC1(C(=O)OC)C[CH-]CN1C(=O)OC(C)(C)C.CCC1(C(C)=O)C[CH-]CN1.CCC1(C(C)=O)C[CH-]CN1C(=O)OC(C)(C)C.CCC12C[CH-]CN1C(=O)C(C)=C2C.CO.C[N-]OC.Cl.[B]C12CC(C)CN1C(=O)C(C)=C2C.[K+].[Li+].[OH-].[Y].[Y].[Y].[Y].[Y].[Y]. The Labute approximate surface area is 1070 Å². The van der Waals surface area contributed by atoms with E-state index in [0.29, 0.717) is 89.9 Å². The number of likely N-dealkylation sites (tertiary alicyclic amines) is 4. The number of aliphatic hydroxyl groups is 1. The third-order valence-electron chi connectivity index (χ3n) is 24.5. The summed E-state index contributed by atoms with van der Waals surface area (Å²) in [5.41, 5.74) is 2.04. The van der Waals surface area contributed by atoms with Crippen LogP contribution in [0.3, 0.4) is 0 Å². The molecule has 9 saturated heterocycles. The maximum absolute atomic E-state index is 12.5. The van der Waals surface area contributed by atoms with Crippen LogP contribution in [0.2, 0.25) is 0 Å². The average molecular weight is 2490 g/mol. The number of carbonyl (C=O) groups is 12. The number of halogens is 1. The summed E-state index contributed by atoms with van der Waals surface area (Å²) in [6.45, 7) is 62.9. The van der Waals surface area contributed by atoms with Gasteiger partial charge in [-0.1, -0.05) is 117 Å². The second kappa shape index (κ2) is 87.1. The van der Waals surface area contributed by atoms with Crippen molar-refractivity contribution in [2.75, 3.05) is 115 Å². The minimum absolute atomic E-state index is 0. The number of methoxy groups -OCH3 is 1. The first-order valence-electron chi connectivity index (χ1n) is 46.9. The van der Waals surface area contributed by atoms with Gasteiger partial charge in [0.1, 0.15) is 36.0 Å². The molecule has 796 valence electrons. The number of carboxylic acid groups (broad SMARTS) is 1. The molecule has 8 radical (unpaired) electrons. The number of likely N-dealkylation sites (N-methyl/N-ethyl adjacent to an activating group) is 1. The van der Waals surface area contributed by atoms with Crippen molar-refractivity contribution in [3.63, 3.8) is 0 Å². The number of carbonyl (C=O) groups excluding carboxylic acids is 11. The fraction of sp³-hybridized carbons (Fsp3) is 0.778. The molecule has 11 heterocycles. The predicted octanol–water partition coefficient (Wildman–Crippen LogP) is 11.4. The zero-order valence-corrected chi connectivity index (χ0v) is 114. The minimum atomic E-state index is -0.910. The van der Waals surface area contributed by atoms with Crippen LogP contribution < -0.4 is 75.6 Å². The van der Waals surface area contributed by atoms with Crippen LogP contribution in [0, 0.1) is 44.4 Å². The fourth-order valence-electron chi connectivity index (χ4n) is 16.5. The summed E-state index contributed by atoms with van der Waals surface area (Å²) in [6.07, 6.45) is 26.1. The Kier molecular flexibility index (Phi) is 107. The van der Waals surface area contributed by atoms with E-state index in [0.717, 1.165) is 102 Å². The van der Waals surface area contributed by atoms with Gasteiger partial charge in [0.25, 0.3) is 5.91 Å². The number of nitrogens with one attached hydrogen (secondary N) is 1. The number of aliphatic carboxylic acids is 1. The number of hydrogen-bond donors (Lipinski definition) is 3. The van der Waals surface area contributed by atoms with Crippen molar-refractivity contribution in [1.82, 2.24) is 39.8 Å². The molecule has 4 N–H and O–H groups in total. The number of aliphatic hydroxyl groups excluding tert-OH is 1.